The number of ether oxygens (including phenoxy) is 1. The third-order valence-corrected chi connectivity index (χ3v) is 6.15. The van der Waals surface area contributed by atoms with Crippen LogP contribution in [0.4, 0.5) is 5.69 Å². The maximum Gasteiger partial charge on any atom is 0.234 e. The van der Waals surface area contributed by atoms with Gasteiger partial charge in [-0.2, -0.15) is 0 Å². The van der Waals surface area contributed by atoms with E-state index >= 15 is 0 Å². The molecule has 0 bridgehead atoms. The van der Waals surface area contributed by atoms with Crippen LogP contribution in [-0.4, -0.2) is 26.4 Å². The first kappa shape index (κ1) is 22.2. The number of carbonyl (C=O) groups is 1. The summed E-state index contributed by atoms with van der Waals surface area (Å²) in [5, 5.41) is 12.6. The van der Waals surface area contributed by atoms with E-state index in [4.69, 9.17) is 16.3 Å². The van der Waals surface area contributed by atoms with Crippen molar-refractivity contribution >= 4 is 35.0 Å². The summed E-state index contributed by atoms with van der Waals surface area (Å²) < 4.78 is 7.97. The molecule has 1 atom stereocenters. The molecule has 1 heterocycles. The summed E-state index contributed by atoms with van der Waals surface area (Å²) in [5.74, 6) is 1.61. The van der Waals surface area contributed by atoms with Crippen LogP contribution in [0, 0.1) is 20.8 Å². The first-order valence-corrected chi connectivity index (χ1v) is 10.9. The fourth-order valence-corrected chi connectivity index (χ4v) is 3.84. The van der Waals surface area contributed by atoms with Crippen LogP contribution < -0.4 is 10.1 Å². The van der Waals surface area contributed by atoms with E-state index in [0.29, 0.717) is 21.7 Å². The largest absolute Gasteiger partial charge is 0.482 e. The molecular formula is C22H25ClN4O2S. The highest BCUT2D eigenvalue weighted by molar-refractivity contribution is 7.99. The summed E-state index contributed by atoms with van der Waals surface area (Å²) in [6.07, 6.45) is -0.278. The molecule has 1 N–H and O–H groups in total. The summed E-state index contributed by atoms with van der Waals surface area (Å²) in [4.78, 5) is 12.4. The molecule has 0 aliphatic heterocycles. The Bertz CT molecular complexity index is 1070. The Kier molecular flexibility index (Phi) is 7.05. The molecule has 158 valence electrons. The monoisotopic (exact) mass is 444 g/mol. The van der Waals surface area contributed by atoms with Gasteiger partial charge in [0, 0.05) is 17.8 Å². The molecule has 0 fully saturated rings. The number of hydrogen-bond donors (Lipinski definition) is 1. The molecule has 0 spiro atoms. The number of aromatic nitrogens is 3. The Balaban J connectivity index is 1.62. The van der Waals surface area contributed by atoms with Gasteiger partial charge in [0.25, 0.3) is 0 Å². The van der Waals surface area contributed by atoms with Crippen LogP contribution in [0.25, 0.3) is 0 Å². The molecule has 0 radical (unpaired) electrons. The third kappa shape index (κ3) is 5.15. The van der Waals surface area contributed by atoms with Crippen LogP contribution in [-0.2, 0) is 11.8 Å². The van der Waals surface area contributed by atoms with E-state index < -0.39 is 0 Å². The molecule has 30 heavy (non-hydrogen) atoms. The number of benzene rings is 2. The van der Waals surface area contributed by atoms with E-state index in [1.54, 1.807) is 12.1 Å². The minimum absolute atomic E-state index is 0.130. The topological polar surface area (TPSA) is 69.0 Å². The molecule has 0 saturated heterocycles. The van der Waals surface area contributed by atoms with Crippen LogP contribution in [0.2, 0.25) is 5.02 Å². The van der Waals surface area contributed by atoms with Gasteiger partial charge >= 0.3 is 0 Å². The van der Waals surface area contributed by atoms with Gasteiger partial charge in [-0.15, -0.1) is 10.2 Å². The van der Waals surface area contributed by atoms with E-state index in [1.807, 2.05) is 50.6 Å². The number of amides is 1. The number of carbonyl (C=O) groups excluding carboxylic acids is 1. The zero-order chi connectivity index (χ0) is 21.8. The highest BCUT2D eigenvalue weighted by Gasteiger charge is 2.19. The quantitative estimate of drug-likeness (QED) is 0.503. The normalized spacial score (nSPS) is 11.9. The van der Waals surface area contributed by atoms with Crippen molar-refractivity contribution in [3.05, 3.63) is 63.9 Å². The summed E-state index contributed by atoms with van der Waals surface area (Å²) in [5.41, 5.74) is 3.95. The van der Waals surface area contributed by atoms with Crippen LogP contribution in [0.1, 0.15) is 35.5 Å². The zero-order valence-electron chi connectivity index (χ0n) is 17.7. The van der Waals surface area contributed by atoms with Crippen molar-refractivity contribution in [2.75, 3.05) is 11.1 Å². The number of rotatable bonds is 7. The molecule has 8 heteroatoms. The molecule has 3 aromatic rings. The average molecular weight is 445 g/mol. The second-order valence-corrected chi connectivity index (χ2v) is 8.53. The van der Waals surface area contributed by atoms with Crippen LogP contribution in [0.3, 0.4) is 0 Å². The maximum atomic E-state index is 12.4. The van der Waals surface area contributed by atoms with Crippen molar-refractivity contribution in [1.82, 2.24) is 14.8 Å². The van der Waals surface area contributed by atoms with Crippen molar-refractivity contribution in [2.24, 2.45) is 7.05 Å². The van der Waals surface area contributed by atoms with Gasteiger partial charge in [0.15, 0.2) is 17.1 Å². The van der Waals surface area contributed by atoms with E-state index in [0.717, 1.165) is 16.9 Å². The Morgan fingerprint density at radius 2 is 1.97 bits per heavy atom. The standard InChI is InChI=1S/C22H25ClN4O2S/c1-13-7-6-8-19(15(13)3)29-16(4)21-25-26-22(27(21)5)30-12-20(28)24-18-11-17(23)10-9-14(18)2/h6-11,16H,12H2,1-5H3,(H,24,28). The van der Waals surface area contributed by atoms with Crippen molar-refractivity contribution in [1.29, 1.82) is 0 Å². The molecule has 6 nitrogen and oxygen atoms in total. The Hall–Kier alpha value is -2.51. The fraction of sp³-hybridized carbons (Fsp3) is 0.318. The summed E-state index contributed by atoms with van der Waals surface area (Å²) >= 11 is 7.34. The number of aryl methyl sites for hydroxylation is 2. The molecular weight excluding hydrogens is 420 g/mol. The lowest BCUT2D eigenvalue weighted by atomic mass is 10.1. The summed E-state index contributed by atoms with van der Waals surface area (Å²) in [7, 11) is 1.87. The maximum absolute atomic E-state index is 12.4. The lowest BCUT2D eigenvalue weighted by Crippen LogP contribution is -2.15. The van der Waals surface area contributed by atoms with Gasteiger partial charge in [-0.1, -0.05) is 41.6 Å². The van der Waals surface area contributed by atoms with Gasteiger partial charge < -0.3 is 14.6 Å². The number of halogens is 1. The van der Waals surface area contributed by atoms with Crippen LogP contribution in [0.5, 0.6) is 5.75 Å². The van der Waals surface area contributed by atoms with E-state index in [1.165, 1.54) is 17.3 Å². The lowest BCUT2D eigenvalue weighted by molar-refractivity contribution is -0.113. The molecule has 1 aromatic heterocycles. The predicted octanol–water partition coefficient (Wildman–Crippen LogP) is 5.26. The highest BCUT2D eigenvalue weighted by Crippen LogP contribution is 2.27. The molecule has 1 amide bonds. The molecule has 0 aliphatic carbocycles. The molecule has 2 aromatic carbocycles. The number of anilines is 1. The van der Waals surface area contributed by atoms with Gasteiger partial charge in [0.05, 0.1) is 5.75 Å². The number of nitrogens with zero attached hydrogens (tertiary/aromatic N) is 3. The lowest BCUT2D eigenvalue weighted by Gasteiger charge is -2.17. The van der Waals surface area contributed by atoms with Crippen molar-refractivity contribution in [3.63, 3.8) is 0 Å². The third-order valence-electron chi connectivity index (χ3n) is 4.90. The second kappa shape index (κ2) is 9.53. The summed E-state index contributed by atoms with van der Waals surface area (Å²) in [6.45, 7) is 7.95. The average Bonchev–Trinajstić information content (AvgIpc) is 3.07. The number of nitrogens with one attached hydrogen (secondary N) is 1. The smallest absolute Gasteiger partial charge is 0.234 e. The molecule has 0 aliphatic rings. The van der Waals surface area contributed by atoms with Gasteiger partial charge in [0.1, 0.15) is 5.75 Å². The summed E-state index contributed by atoms with van der Waals surface area (Å²) in [6, 6.07) is 11.4. The Morgan fingerprint density at radius 3 is 2.73 bits per heavy atom. The first-order valence-electron chi connectivity index (χ1n) is 9.57. The van der Waals surface area contributed by atoms with Crippen molar-refractivity contribution < 1.29 is 9.53 Å². The van der Waals surface area contributed by atoms with Crippen LogP contribution in [0.15, 0.2) is 41.6 Å². The highest BCUT2D eigenvalue weighted by atomic mass is 35.5. The predicted molar refractivity (Wildman–Crippen MR) is 122 cm³/mol. The Labute approximate surface area is 186 Å². The van der Waals surface area contributed by atoms with E-state index in [2.05, 4.69) is 28.5 Å². The van der Waals surface area contributed by atoms with Gasteiger partial charge in [-0.3, -0.25) is 4.79 Å². The van der Waals surface area contributed by atoms with E-state index in [9.17, 15) is 4.79 Å². The van der Waals surface area contributed by atoms with Crippen molar-refractivity contribution in [3.8, 4) is 5.75 Å². The number of hydrogen-bond acceptors (Lipinski definition) is 5. The van der Waals surface area contributed by atoms with Crippen molar-refractivity contribution in [2.45, 2.75) is 39.0 Å². The minimum atomic E-state index is -0.278. The fourth-order valence-electron chi connectivity index (χ4n) is 2.95. The molecule has 0 saturated carbocycles. The van der Waals surface area contributed by atoms with Gasteiger partial charge in [0.2, 0.25) is 5.91 Å². The second-order valence-electron chi connectivity index (χ2n) is 7.15. The van der Waals surface area contributed by atoms with E-state index in [-0.39, 0.29) is 17.8 Å². The number of thioether (sulfide) groups is 1. The van der Waals surface area contributed by atoms with Gasteiger partial charge in [-0.05, 0) is 62.6 Å². The van der Waals surface area contributed by atoms with Gasteiger partial charge in [-0.25, -0.2) is 0 Å². The molecule has 3 rings (SSSR count). The molecule has 1 unspecified atom stereocenters. The minimum Gasteiger partial charge on any atom is -0.482 e. The van der Waals surface area contributed by atoms with Crippen LogP contribution >= 0.6 is 23.4 Å². The Morgan fingerprint density at radius 1 is 1.20 bits per heavy atom. The first-order chi connectivity index (χ1) is 14.3. The SMILES string of the molecule is Cc1ccc(Cl)cc1NC(=O)CSc1nnc(C(C)Oc2cccc(C)c2C)n1C. The zero-order valence-corrected chi connectivity index (χ0v) is 19.3.